The zero-order valence-electron chi connectivity index (χ0n) is 14.0. The van der Waals surface area contributed by atoms with Gasteiger partial charge in [-0.3, -0.25) is 0 Å². The lowest BCUT2D eigenvalue weighted by Gasteiger charge is -2.06. The van der Waals surface area contributed by atoms with Crippen LogP contribution in [0.15, 0.2) is 48.5 Å². The maximum Gasteiger partial charge on any atom is 0.222 e. The van der Waals surface area contributed by atoms with Crippen molar-refractivity contribution in [2.24, 2.45) is 0 Å². The minimum atomic E-state index is 0.196. The number of aryl methyl sites for hydroxylation is 2. The van der Waals surface area contributed by atoms with Crippen LogP contribution in [0.5, 0.6) is 5.88 Å². The van der Waals surface area contributed by atoms with E-state index >= 15 is 0 Å². The predicted molar refractivity (Wildman–Crippen MR) is 94.2 cm³/mol. The molecule has 0 atom stereocenters. The van der Waals surface area contributed by atoms with E-state index in [0.29, 0.717) is 0 Å². The molecule has 0 spiro atoms. The molecule has 3 heteroatoms. The summed E-state index contributed by atoms with van der Waals surface area (Å²) in [6.45, 7) is 8.30. The van der Waals surface area contributed by atoms with Crippen molar-refractivity contribution in [1.29, 1.82) is 0 Å². The molecule has 0 aliphatic heterocycles. The summed E-state index contributed by atoms with van der Waals surface area (Å²) in [5, 5.41) is 15.5. The number of hydrogen-bond acceptors (Lipinski definition) is 2. The van der Waals surface area contributed by atoms with Crippen LogP contribution in [-0.2, 0) is 0 Å². The van der Waals surface area contributed by atoms with E-state index in [9.17, 15) is 5.11 Å². The molecule has 0 fully saturated rings. The second-order valence-corrected chi connectivity index (χ2v) is 6.35. The van der Waals surface area contributed by atoms with Gasteiger partial charge in [-0.05, 0) is 37.5 Å². The summed E-state index contributed by atoms with van der Waals surface area (Å²) >= 11 is 0. The van der Waals surface area contributed by atoms with Crippen LogP contribution in [-0.4, -0.2) is 14.9 Å². The minimum Gasteiger partial charge on any atom is -0.493 e. The molecule has 23 heavy (non-hydrogen) atoms. The molecule has 0 aliphatic carbocycles. The summed E-state index contributed by atoms with van der Waals surface area (Å²) in [7, 11) is 0. The molecule has 3 nitrogen and oxygen atoms in total. The number of benzene rings is 2. The molecular weight excluding hydrogens is 284 g/mol. The smallest absolute Gasteiger partial charge is 0.222 e. The van der Waals surface area contributed by atoms with Gasteiger partial charge in [0.25, 0.3) is 0 Å². The van der Waals surface area contributed by atoms with Crippen LogP contribution in [0.2, 0.25) is 0 Å². The Morgan fingerprint density at radius 2 is 1.39 bits per heavy atom. The highest BCUT2D eigenvalue weighted by Crippen LogP contribution is 2.37. The van der Waals surface area contributed by atoms with E-state index in [2.05, 4.69) is 38.0 Å². The highest BCUT2D eigenvalue weighted by atomic mass is 16.3. The van der Waals surface area contributed by atoms with Gasteiger partial charge in [-0.2, -0.15) is 5.10 Å². The van der Waals surface area contributed by atoms with Gasteiger partial charge < -0.3 is 5.11 Å². The van der Waals surface area contributed by atoms with E-state index in [-0.39, 0.29) is 11.8 Å². The SMILES string of the molecule is Cc1ccc(-c2c(C(C)C)nn(-c3ccc(C)cc3)c2O)cc1. The summed E-state index contributed by atoms with van der Waals surface area (Å²) in [5.74, 6) is 0.422. The Morgan fingerprint density at radius 3 is 1.91 bits per heavy atom. The molecule has 0 unspecified atom stereocenters. The van der Waals surface area contributed by atoms with Crippen LogP contribution in [0, 0.1) is 13.8 Å². The molecule has 0 amide bonds. The van der Waals surface area contributed by atoms with Crippen molar-refractivity contribution in [2.75, 3.05) is 0 Å². The number of nitrogens with zero attached hydrogens (tertiary/aromatic N) is 2. The maximum atomic E-state index is 10.8. The zero-order chi connectivity index (χ0) is 16.6. The predicted octanol–water partition coefficient (Wildman–Crippen LogP) is 4.99. The first-order valence-corrected chi connectivity index (χ1v) is 7.93. The molecule has 0 aliphatic rings. The van der Waals surface area contributed by atoms with Gasteiger partial charge in [-0.25, -0.2) is 4.68 Å². The van der Waals surface area contributed by atoms with E-state index < -0.39 is 0 Å². The first-order chi connectivity index (χ1) is 11.0. The van der Waals surface area contributed by atoms with Crippen molar-refractivity contribution < 1.29 is 5.11 Å². The molecule has 1 N–H and O–H groups in total. The van der Waals surface area contributed by atoms with Crippen LogP contribution >= 0.6 is 0 Å². The summed E-state index contributed by atoms with van der Waals surface area (Å²) < 4.78 is 1.63. The van der Waals surface area contributed by atoms with E-state index in [0.717, 1.165) is 22.5 Å². The summed E-state index contributed by atoms with van der Waals surface area (Å²) in [4.78, 5) is 0. The first kappa shape index (κ1) is 15.3. The summed E-state index contributed by atoms with van der Waals surface area (Å²) in [5.41, 5.74) is 5.98. The average Bonchev–Trinajstić information content (AvgIpc) is 2.87. The molecule has 0 bridgehead atoms. The lowest BCUT2D eigenvalue weighted by atomic mass is 9.99. The van der Waals surface area contributed by atoms with Gasteiger partial charge in [0.05, 0.1) is 16.9 Å². The third-order valence-electron chi connectivity index (χ3n) is 4.05. The van der Waals surface area contributed by atoms with E-state index in [1.54, 1.807) is 4.68 Å². The fourth-order valence-electron chi connectivity index (χ4n) is 2.69. The van der Waals surface area contributed by atoms with E-state index in [1.807, 2.05) is 43.3 Å². The first-order valence-electron chi connectivity index (χ1n) is 7.93. The van der Waals surface area contributed by atoms with Gasteiger partial charge >= 0.3 is 0 Å². The monoisotopic (exact) mass is 306 g/mol. The maximum absolute atomic E-state index is 10.8. The Balaban J connectivity index is 2.19. The minimum absolute atomic E-state index is 0.196. The van der Waals surface area contributed by atoms with Crippen LogP contribution < -0.4 is 0 Å². The fraction of sp³-hybridized carbons (Fsp3) is 0.250. The van der Waals surface area contributed by atoms with Crippen molar-refractivity contribution in [3.05, 3.63) is 65.4 Å². The highest BCUT2D eigenvalue weighted by molar-refractivity contribution is 5.73. The van der Waals surface area contributed by atoms with Gasteiger partial charge in [0.1, 0.15) is 0 Å². The number of aromatic hydroxyl groups is 1. The van der Waals surface area contributed by atoms with Gasteiger partial charge in [-0.1, -0.05) is 61.4 Å². The van der Waals surface area contributed by atoms with Crippen molar-refractivity contribution >= 4 is 0 Å². The lowest BCUT2D eigenvalue weighted by Crippen LogP contribution is -1.97. The third-order valence-corrected chi connectivity index (χ3v) is 4.05. The van der Waals surface area contributed by atoms with Crippen molar-refractivity contribution in [2.45, 2.75) is 33.6 Å². The van der Waals surface area contributed by atoms with E-state index in [4.69, 9.17) is 0 Å². The zero-order valence-corrected chi connectivity index (χ0v) is 14.0. The Morgan fingerprint density at radius 1 is 0.870 bits per heavy atom. The molecule has 3 aromatic rings. The second kappa shape index (κ2) is 5.92. The van der Waals surface area contributed by atoms with Crippen LogP contribution in [0.3, 0.4) is 0 Å². The summed E-state index contributed by atoms with van der Waals surface area (Å²) in [6.07, 6.45) is 0. The Bertz CT molecular complexity index is 812. The van der Waals surface area contributed by atoms with Crippen LogP contribution in [0.25, 0.3) is 16.8 Å². The molecule has 3 rings (SSSR count). The number of rotatable bonds is 3. The fourth-order valence-corrected chi connectivity index (χ4v) is 2.69. The Kier molecular flexibility index (Phi) is 3.95. The average molecular weight is 306 g/mol. The Hall–Kier alpha value is -2.55. The molecule has 1 heterocycles. The number of hydrogen-bond donors (Lipinski definition) is 1. The van der Waals surface area contributed by atoms with Gasteiger partial charge in [0, 0.05) is 0 Å². The molecule has 2 aromatic carbocycles. The number of aromatic nitrogens is 2. The normalized spacial score (nSPS) is 11.2. The lowest BCUT2D eigenvalue weighted by molar-refractivity contribution is 0.435. The quantitative estimate of drug-likeness (QED) is 0.740. The topological polar surface area (TPSA) is 38.0 Å². The molecule has 0 saturated heterocycles. The third kappa shape index (κ3) is 2.87. The van der Waals surface area contributed by atoms with E-state index in [1.165, 1.54) is 11.1 Å². The standard InChI is InChI=1S/C20H22N2O/c1-13(2)19-18(16-9-5-14(3)6-10-16)20(23)22(21-19)17-11-7-15(4)8-12-17/h5-13,23H,1-4H3. The van der Waals surface area contributed by atoms with Gasteiger partial charge in [0.15, 0.2) is 0 Å². The molecule has 1 aromatic heterocycles. The van der Waals surface area contributed by atoms with Crippen molar-refractivity contribution in [1.82, 2.24) is 9.78 Å². The molecule has 0 radical (unpaired) electrons. The molecule has 0 saturated carbocycles. The van der Waals surface area contributed by atoms with Crippen LogP contribution in [0.1, 0.15) is 36.6 Å². The van der Waals surface area contributed by atoms with Gasteiger partial charge in [0.2, 0.25) is 5.88 Å². The molecular formula is C20H22N2O. The summed E-state index contributed by atoms with van der Waals surface area (Å²) in [6, 6.07) is 16.2. The second-order valence-electron chi connectivity index (χ2n) is 6.35. The molecule has 118 valence electrons. The van der Waals surface area contributed by atoms with Gasteiger partial charge in [-0.15, -0.1) is 0 Å². The van der Waals surface area contributed by atoms with Crippen molar-refractivity contribution in [3.8, 4) is 22.7 Å². The van der Waals surface area contributed by atoms with Crippen molar-refractivity contribution in [3.63, 3.8) is 0 Å². The highest BCUT2D eigenvalue weighted by Gasteiger charge is 2.21. The Labute approximate surface area is 137 Å². The van der Waals surface area contributed by atoms with Crippen LogP contribution in [0.4, 0.5) is 0 Å². The largest absolute Gasteiger partial charge is 0.493 e.